The van der Waals surface area contributed by atoms with E-state index in [4.69, 9.17) is 0 Å². The predicted octanol–water partition coefficient (Wildman–Crippen LogP) is 1.82. The number of H-pyrrole nitrogens is 1. The first-order chi connectivity index (χ1) is 6.18. The number of hydrogen-bond acceptors (Lipinski definition) is 2. The zero-order valence-corrected chi connectivity index (χ0v) is 7.93. The van der Waals surface area contributed by atoms with Gasteiger partial charge in [0.25, 0.3) is 0 Å². The average Bonchev–Trinajstić information content (AvgIpc) is 2.09. The summed E-state index contributed by atoms with van der Waals surface area (Å²) in [5, 5.41) is 6.53. The molecule has 0 radical (unpaired) electrons. The normalized spacial score (nSPS) is 10.6. The quantitative estimate of drug-likeness (QED) is 0.767. The van der Waals surface area contributed by atoms with Crippen molar-refractivity contribution in [2.75, 3.05) is 0 Å². The molecular formula is C8H4BrFN2O. The van der Waals surface area contributed by atoms with Gasteiger partial charge in [-0.25, -0.2) is 4.39 Å². The lowest BCUT2D eigenvalue weighted by Gasteiger charge is -1.97. The summed E-state index contributed by atoms with van der Waals surface area (Å²) in [5.74, 6) is -0.420. The Morgan fingerprint density at radius 1 is 1.46 bits per heavy atom. The number of rotatable bonds is 0. The lowest BCUT2D eigenvalue weighted by molar-refractivity contribution is 0.622. The minimum absolute atomic E-state index is 0.227. The molecule has 1 aromatic heterocycles. The topological polar surface area (TPSA) is 45.8 Å². The van der Waals surface area contributed by atoms with Gasteiger partial charge in [0.2, 0.25) is 5.43 Å². The Kier molecular flexibility index (Phi) is 1.88. The number of nitrogens with one attached hydrogen (secondary N) is 1. The lowest BCUT2D eigenvalue weighted by Crippen LogP contribution is -2.03. The van der Waals surface area contributed by atoms with Gasteiger partial charge in [-0.05, 0) is 22.0 Å². The van der Waals surface area contributed by atoms with E-state index in [1.807, 2.05) is 0 Å². The molecule has 66 valence electrons. The first-order valence-corrected chi connectivity index (χ1v) is 4.30. The molecule has 0 amide bonds. The first kappa shape index (κ1) is 8.37. The summed E-state index contributed by atoms with van der Waals surface area (Å²) in [7, 11) is 0. The summed E-state index contributed by atoms with van der Waals surface area (Å²) >= 11 is 3.00. The van der Waals surface area contributed by atoms with Crippen molar-refractivity contribution in [3.63, 3.8) is 0 Å². The highest BCUT2D eigenvalue weighted by Gasteiger charge is 2.04. The second-order valence-electron chi connectivity index (χ2n) is 2.55. The molecule has 0 aliphatic heterocycles. The number of benzene rings is 1. The number of nitrogens with zero attached hydrogens (tertiary/aromatic N) is 1. The molecule has 0 bridgehead atoms. The van der Waals surface area contributed by atoms with Crippen LogP contribution in [0.2, 0.25) is 0 Å². The lowest BCUT2D eigenvalue weighted by atomic mass is 10.2. The van der Waals surface area contributed by atoms with Gasteiger partial charge in [-0.15, -0.1) is 0 Å². The van der Waals surface area contributed by atoms with Crippen LogP contribution in [0.3, 0.4) is 0 Å². The molecule has 1 aromatic carbocycles. The monoisotopic (exact) mass is 242 g/mol. The fraction of sp³-hybridized carbons (Fsp3) is 0. The molecule has 0 aliphatic carbocycles. The summed E-state index contributed by atoms with van der Waals surface area (Å²) in [6.45, 7) is 0. The number of fused-ring (bicyclic) bond motifs is 1. The van der Waals surface area contributed by atoms with Gasteiger partial charge in [0.1, 0.15) is 5.82 Å². The third kappa shape index (κ3) is 1.35. The molecule has 0 spiro atoms. The summed E-state index contributed by atoms with van der Waals surface area (Å²) in [6, 6.07) is 2.67. The molecule has 2 rings (SSSR count). The van der Waals surface area contributed by atoms with Gasteiger partial charge >= 0.3 is 0 Å². The smallest absolute Gasteiger partial charge is 0.207 e. The Balaban J connectivity index is 2.97. The minimum Gasteiger partial charge on any atom is -0.287 e. The number of aromatic amines is 1. The molecule has 0 fully saturated rings. The highest BCUT2D eigenvalue weighted by Crippen LogP contribution is 2.19. The van der Waals surface area contributed by atoms with Crippen molar-refractivity contribution in [3.8, 4) is 0 Å². The van der Waals surface area contributed by atoms with Gasteiger partial charge in [0.05, 0.1) is 16.2 Å². The van der Waals surface area contributed by atoms with Gasteiger partial charge in [-0.2, -0.15) is 5.10 Å². The second kappa shape index (κ2) is 2.92. The van der Waals surface area contributed by atoms with Crippen molar-refractivity contribution in [2.24, 2.45) is 0 Å². The van der Waals surface area contributed by atoms with E-state index in [2.05, 4.69) is 26.1 Å². The molecule has 0 aliphatic rings. The van der Waals surface area contributed by atoms with E-state index >= 15 is 0 Å². The van der Waals surface area contributed by atoms with Crippen LogP contribution >= 0.6 is 15.9 Å². The average molecular weight is 243 g/mol. The van der Waals surface area contributed by atoms with E-state index < -0.39 is 5.82 Å². The van der Waals surface area contributed by atoms with Crippen molar-refractivity contribution in [2.45, 2.75) is 0 Å². The van der Waals surface area contributed by atoms with Crippen molar-refractivity contribution in [1.29, 1.82) is 0 Å². The van der Waals surface area contributed by atoms with Gasteiger partial charge in [0.15, 0.2) is 0 Å². The van der Waals surface area contributed by atoms with Crippen LogP contribution in [-0.2, 0) is 0 Å². The molecule has 1 heterocycles. The van der Waals surface area contributed by atoms with Gasteiger partial charge in [-0.1, -0.05) is 0 Å². The van der Waals surface area contributed by atoms with E-state index in [1.165, 1.54) is 12.1 Å². The van der Waals surface area contributed by atoms with Crippen LogP contribution in [0.25, 0.3) is 10.9 Å². The molecule has 0 saturated heterocycles. The van der Waals surface area contributed by atoms with Gasteiger partial charge in [0, 0.05) is 11.5 Å². The summed E-state index contributed by atoms with van der Waals surface area (Å²) in [4.78, 5) is 11.2. The molecule has 5 heteroatoms. The SMILES string of the molecule is O=c1cn[nH]c2cc(F)c(Br)cc12. The molecule has 3 nitrogen and oxygen atoms in total. The molecule has 1 N–H and O–H groups in total. The van der Waals surface area contributed by atoms with E-state index in [-0.39, 0.29) is 9.90 Å². The van der Waals surface area contributed by atoms with Crippen molar-refractivity contribution >= 4 is 26.8 Å². The standard InChI is InChI=1S/C8H4BrFN2O/c9-5-1-4-7(2-6(5)10)12-11-3-8(4)13/h1-3H,(H,12,13). The summed E-state index contributed by atoms with van der Waals surface area (Å²) in [5.41, 5.74) is 0.169. The van der Waals surface area contributed by atoms with Crippen LogP contribution < -0.4 is 5.43 Å². The van der Waals surface area contributed by atoms with Crippen molar-refractivity contribution in [1.82, 2.24) is 10.2 Å². The Morgan fingerprint density at radius 2 is 2.23 bits per heavy atom. The number of halogens is 2. The molecule has 2 aromatic rings. The fourth-order valence-corrected chi connectivity index (χ4v) is 1.42. The molecule has 13 heavy (non-hydrogen) atoms. The van der Waals surface area contributed by atoms with Crippen LogP contribution in [0, 0.1) is 5.82 Å². The molecule has 0 atom stereocenters. The maximum atomic E-state index is 13.0. The van der Waals surface area contributed by atoms with Crippen LogP contribution in [0.1, 0.15) is 0 Å². The van der Waals surface area contributed by atoms with Gasteiger partial charge in [-0.3, -0.25) is 9.89 Å². The molecule has 0 saturated carbocycles. The number of hydrogen-bond donors (Lipinski definition) is 1. The van der Waals surface area contributed by atoms with E-state index in [0.717, 1.165) is 6.20 Å². The Labute approximate surface area is 80.7 Å². The fourth-order valence-electron chi connectivity index (χ4n) is 1.07. The summed E-state index contributed by atoms with van der Waals surface area (Å²) < 4.78 is 13.3. The number of aromatic nitrogens is 2. The summed E-state index contributed by atoms with van der Waals surface area (Å²) in [6.07, 6.45) is 1.16. The predicted molar refractivity (Wildman–Crippen MR) is 50.0 cm³/mol. The molecular weight excluding hydrogens is 239 g/mol. The van der Waals surface area contributed by atoms with Crippen LogP contribution in [0.5, 0.6) is 0 Å². The Hall–Kier alpha value is -1.23. The van der Waals surface area contributed by atoms with E-state index in [9.17, 15) is 9.18 Å². The van der Waals surface area contributed by atoms with Crippen molar-refractivity contribution in [3.05, 3.63) is 38.8 Å². The zero-order chi connectivity index (χ0) is 9.42. The molecule has 0 unspecified atom stereocenters. The van der Waals surface area contributed by atoms with Crippen LogP contribution in [0.4, 0.5) is 4.39 Å². The first-order valence-electron chi connectivity index (χ1n) is 3.51. The van der Waals surface area contributed by atoms with Crippen molar-refractivity contribution < 1.29 is 4.39 Å². The highest BCUT2D eigenvalue weighted by atomic mass is 79.9. The Bertz CT molecular complexity index is 523. The highest BCUT2D eigenvalue weighted by molar-refractivity contribution is 9.10. The maximum absolute atomic E-state index is 13.0. The Morgan fingerprint density at radius 3 is 3.00 bits per heavy atom. The van der Waals surface area contributed by atoms with Gasteiger partial charge < -0.3 is 0 Å². The van der Waals surface area contributed by atoms with Crippen LogP contribution in [-0.4, -0.2) is 10.2 Å². The maximum Gasteiger partial charge on any atom is 0.207 e. The van der Waals surface area contributed by atoms with E-state index in [0.29, 0.717) is 10.9 Å². The zero-order valence-electron chi connectivity index (χ0n) is 6.34. The minimum atomic E-state index is -0.420. The largest absolute Gasteiger partial charge is 0.287 e. The third-order valence-corrected chi connectivity index (χ3v) is 2.30. The third-order valence-electron chi connectivity index (χ3n) is 1.69. The second-order valence-corrected chi connectivity index (χ2v) is 3.40. The van der Waals surface area contributed by atoms with Crippen LogP contribution in [0.15, 0.2) is 27.6 Å². The van der Waals surface area contributed by atoms with E-state index in [1.54, 1.807) is 0 Å².